The average molecular weight is 518 g/mol. The molecule has 2 aromatic heterocycles. The number of nitrogens with zero attached hydrogens (tertiary/aromatic N) is 2. The van der Waals surface area contributed by atoms with Crippen LogP contribution in [0.15, 0.2) is 77.7 Å². The van der Waals surface area contributed by atoms with Crippen molar-refractivity contribution in [2.24, 2.45) is 0 Å². The van der Waals surface area contributed by atoms with Crippen LogP contribution in [0, 0.1) is 0 Å². The summed E-state index contributed by atoms with van der Waals surface area (Å²) in [6.07, 6.45) is 11.8. The van der Waals surface area contributed by atoms with E-state index in [0.29, 0.717) is 17.1 Å². The first-order valence-corrected chi connectivity index (χ1v) is 12.6. The lowest BCUT2D eigenvalue weighted by molar-refractivity contribution is -0.138. The number of hydrogen-bond acceptors (Lipinski definition) is 7. The largest absolute Gasteiger partial charge is 0.507 e. The zero-order chi connectivity index (χ0) is 26.9. The minimum Gasteiger partial charge on any atom is -0.507 e. The predicted octanol–water partition coefficient (Wildman–Crippen LogP) is 4.35. The lowest BCUT2D eigenvalue weighted by Crippen LogP contribution is -2.46. The summed E-state index contributed by atoms with van der Waals surface area (Å²) in [5, 5.41) is 13.3. The molecule has 1 aliphatic rings. The van der Waals surface area contributed by atoms with Crippen molar-refractivity contribution in [3.8, 4) is 11.5 Å². The molecule has 0 bridgehead atoms. The van der Waals surface area contributed by atoms with Crippen LogP contribution in [0.3, 0.4) is 0 Å². The first-order valence-electron chi connectivity index (χ1n) is 12.6. The van der Waals surface area contributed by atoms with Crippen LogP contribution in [0.1, 0.15) is 59.8 Å². The Kier molecular flexibility index (Phi) is 8.92. The minimum atomic E-state index is -0.980. The van der Waals surface area contributed by atoms with Crippen molar-refractivity contribution in [3.05, 3.63) is 90.2 Å². The van der Waals surface area contributed by atoms with Gasteiger partial charge in [0, 0.05) is 30.6 Å². The van der Waals surface area contributed by atoms with Crippen LogP contribution in [-0.2, 0) is 16.1 Å². The molecule has 2 N–H and O–H groups in total. The molecule has 0 radical (unpaired) electrons. The number of methoxy groups -OCH3 is 1. The van der Waals surface area contributed by atoms with Gasteiger partial charge in [0.2, 0.25) is 11.8 Å². The zero-order valence-electron chi connectivity index (χ0n) is 21.2. The van der Waals surface area contributed by atoms with Gasteiger partial charge >= 0.3 is 0 Å². The number of aromatic hydroxyl groups is 1. The summed E-state index contributed by atoms with van der Waals surface area (Å²) in [6.45, 7) is 0.00320. The topological polar surface area (TPSA) is 122 Å². The molecule has 1 atom stereocenters. The van der Waals surface area contributed by atoms with Gasteiger partial charge < -0.3 is 24.5 Å². The molecule has 1 saturated carbocycles. The van der Waals surface area contributed by atoms with Crippen LogP contribution < -0.4 is 10.1 Å². The Hall–Kier alpha value is -4.40. The van der Waals surface area contributed by atoms with Gasteiger partial charge in [0.15, 0.2) is 5.78 Å². The molecule has 1 aliphatic carbocycles. The fraction of sp³-hybridized carbons (Fsp3) is 0.310. The number of phenolic OH excluding ortho intramolecular Hbond substituents is 1. The molecule has 1 fully saturated rings. The lowest BCUT2D eigenvalue weighted by atomic mass is 9.94. The lowest BCUT2D eigenvalue weighted by Gasteiger charge is -2.32. The number of phenols is 1. The second-order valence-electron chi connectivity index (χ2n) is 9.15. The number of benzene rings is 1. The molecule has 0 aliphatic heterocycles. The van der Waals surface area contributed by atoms with Gasteiger partial charge in [0.25, 0.3) is 0 Å². The predicted molar refractivity (Wildman–Crippen MR) is 139 cm³/mol. The maximum atomic E-state index is 13.7. The van der Waals surface area contributed by atoms with Gasteiger partial charge in [-0.15, -0.1) is 0 Å². The normalized spacial score (nSPS) is 14.7. The second kappa shape index (κ2) is 12.7. The Bertz CT molecular complexity index is 1270. The molecule has 1 aromatic carbocycles. The summed E-state index contributed by atoms with van der Waals surface area (Å²) in [5.74, 6) is -0.828. The number of nitrogens with one attached hydrogen (secondary N) is 1. The van der Waals surface area contributed by atoms with E-state index in [1.165, 1.54) is 30.4 Å². The molecule has 3 aromatic rings. The number of carbonyl (C=O) groups excluding carboxylic acids is 3. The summed E-state index contributed by atoms with van der Waals surface area (Å²) in [4.78, 5) is 45.4. The van der Waals surface area contributed by atoms with Gasteiger partial charge in [-0.3, -0.25) is 19.4 Å². The van der Waals surface area contributed by atoms with E-state index < -0.39 is 17.7 Å². The Morgan fingerprint density at radius 3 is 2.55 bits per heavy atom. The first kappa shape index (κ1) is 26.7. The molecule has 0 unspecified atom stereocenters. The van der Waals surface area contributed by atoms with Crippen molar-refractivity contribution in [3.63, 3.8) is 0 Å². The van der Waals surface area contributed by atoms with Crippen LogP contribution in [0.4, 0.5) is 0 Å². The third-order valence-electron chi connectivity index (χ3n) is 6.57. The van der Waals surface area contributed by atoms with Gasteiger partial charge in [0.05, 0.1) is 25.5 Å². The molecule has 0 spiro atoms. The Balaban J connectivity index is 1.63. The van der Waals surface area contributed by atoms with E-state index >= 15 is 0 Å². The number of ether oxygens (including phenoxy) is 1. The highest BCUT2D eigenvalue weighted by Gasteiger charge is 2.33. The average Bonchev–Trinajstić information content (AvgIpc) is 3.45. The molecule has 2 heterocycles. The van der Waals surface area contributed by atoms with Gasteiger partial charge in [-0.05, 0) is 60.9 Å². The van der Waals surface area contributed by atoms with E-state index in [1.807, 2.05) is 0 Å². The van der Waals surface area contributed by atoms with Crippen molar-refractivity contribution in [1.29, 1.82) is 0 Å². The molecule has 9 heteroatoms. The summed E-state index contributed by atoms with van der Waals surface area (Å²) in [7, 11) is 1.45. The van der Waals surface area contributed by atoms with E-state index in [9.17, 15) is 19.5 Å². The highest BCUT2D eigenvalue weighted by atomic mass is 16.5. The highest BCUT2D eigenvalue weighted by molar-refractivity contribution is 6.09. The molecule has 198 valence electrons. The first-order chi connectivity index (χ1) is 18.5. The van der Waals surface area contributed by atoms with Crippen molar-refractivity contribution in [1.82, 2.24) is 15.2 Å². The molecule has 4 rings (SSSR count). The number of hydrogen-bond donors (Lipinski definition) is 2. The van der Waals surface area contributed by atoms with Gasteiger partial charge in [-0.1, -0.05) is 19.3 Å². The SMILES string of the molecule is COc1ccc(C(=O)/C=C/C(=O)N(Cc2ccco2)[C@@H](C(=O)NC2CCCCC2)c2ccncc2)c(O)c1. The van der Waals surface area contributed by atoms with Crippen LogP contribution in [-0.4, -0.2) is 45.7 Å². The number of rotatable bonds is 10. The quantitative estimate of drug-likeness (QED) is 0.303. The third-order valence-corrected chi connectivity index (χ3v) is 6.57. The zero-order valence-corrected chi connectivity index (χ0v) is 21.2. The van der Waals surface area contributed by atoms with E-state index in [2.05, 4.69) is 10.3 Å². The summed E-state index contributed by atoms with van der Waals surface area (Å²) < 4.78 is 10.5. The number of allylic oxidation sites excluding steroid dienone is 1. The number of pyridine rings is 1. The van der Waals surface area contributed by atoms with Gasteiger partial charge in [0.1, 0.15) is 23.3 Å². The van der Waals surface area contributed by atoms with Crippen LogP contribution in [0.5, 0.6) is 11.5 Å². The van der Waals surface area contributed by atoms with E-state index in [0.717, 1.165) is 44.3 Å². The molecule has 2 amide bonds. The maximum Gasteiger partial charge on any atom is 0.248 e. The van der Waals surface area contributed by atoms with Crippen LogP contribution in [0.25, 0.3) is 0 Å². The Labute approximate surface area is 221 Å². The maximum absolute atomic E-state index is 13.7. The molecule has 9 nitrogen and oxygen atoms in total. The van der Waals surface area contributed by atoms with Crippen molar-refractivity contribution >= 4 is 17.6 Å². The summed E-state index contributed by atoms with van der Waals surface area (Å²) in [5.41, 5.74) is 0.605. The van der Waals surface area contributed by atoms with Crippen molar-refractivity contribution < 1.29 is 28.6 Å². The smallest absolute Gasteiger partial charge is 0.248 e. The van der Waals surface area contributed by atoms with E-state index in [-0.39, 0.29) is 29.8 Å². The number of aromatic nitrogens is 1. The molecular formula is C29H31N3O6. The fourth-order valence-corrected chi connectivity index (χ4v) is 4.59. The monoisotopic (exact) mass is 517 g/mol. The third kappa shape index (κ3) is 6.67. The minimum absolute atomic E-state index is 0.00320. The fourth-order valence-electron chi connectivity index (χ4n) is 4.59. The standard InChI is InChI=1S/C29H31N3O6/c1-37-22-9-10-24(26(34)18-22)25(33)11-12-27(35)32(19-23-8-5-17-38-23)28(20-13-15-30-16-14-20)29(36)31-21-6-3-2-4-7-21/h5,8-18,21,28,34H,2-4,6-7,19H2,1H3,(H,31,36)/b12-11+/t28-/m1/s1. The Morgan fingerprint density at radius 2 is 1.89 bits per heavy atom. The van der Waals surface area contributed by atoms with Crippen LogP contribution in [0.2, 0.25) is 0 Å². The summed E-state index contributed by atoms with van der Waals surface area (Å²) >= 11 is 0. The number of amides is 2. The van der Waals surface area contributed by atoms with Crippen LogP contribution >= 0.6 is 0 Å². The summed E-state index contributed by atoms with van der Waals surface area (Å²) in [6, 6.07) is 10.1. The highest BCUT2D eigenvalue weighted by Crippen LogP contribution is 2.27. The van der Waals surface area contributed by atoms with Crippen molar-refractivity contribution in [2.45, 2.75) is 50.7 Å². The Morgan fingerprint density at radius 1 is 1.13 bits per heavy atom. The molecular weight excluding hydrogens is 486 g/mol. The number of ketones is 1. The van der Waals surface area contributed by atoms with Gasteiger partial charge in [-0.25, -0.2) is 0 Å². The molecule has 38 heavy (non-hydrogen) atoms. The van der Waals surface area contributed by atoms with Crippen molar-refractivity contribution in [2.75, 3.05) is 7.11 Å². The van der Waals surface area contributed by atoms with E-state index in [4.69, 9.17) is 9.15 Å². The van der Waals surface area contributed by atoms with E-state index in [1.54, 1.807) is 42.7 Å². The number of furan rings is 1. The second-order valence-corrected chi connectivity index (χ2v) is 9.15. The van der Waals surface area contributed by atoms with Gasteiger partial charge in [-0.2, -0.15) is 0 Å². The molecule has 0 saturated heterocycles. The number of carbonyl (C=O) groups is 3.